The molecule has 0 bridgehead atoms. The Morgan fingerprint density at radius 3 is 2.74 bits per heavy atom. The minimum absolute atomic E-state index is 0. The number of carbonyl (C=O) groups excluding carboxylic acids is 1. The molecule has 3 nitrogen and oxygen atoms in total. The van der Waals surface area contributed by atoms with Gasteiger partial charge in [0.15, 0.2) is 0 Å². The van der Waals surface area contributed by atoms with E-state index in [9.17, 15) is 4.79 Å². The van der Waals surface area contributed by atoms with Crippen LogP contribution >= 0.6 is 35.6 Å². The van der Waals surface area contributed by atoms with Gasteiger partial charge < -0.3 is 11.1 Å². The smallest absolute Gasteiger partial charge is 0.223 e. The number of amides is 1. The van der Waals surface area contributed by atoms with E-state index >= 15 is 0 Å². The summed E-state index contributed by atoms with van der Waals surface area (Å²) >= 11 is 12.3. The number of carbonyl (C=O) groups is 1. The number of benzene rings is 1. The number of rotatable bonds is 4. The summed E-state index contributed by atoms with van der Waals surface area (Å²) in [5.74, 6) is 0.790. The first kappa shape index (κ1) is 18.9. The summed E-state index contributed by atoms with van der Waals surface area (Å²) in [6.07, 6.45) is 5.42. The minimum atomic E-state index is 0. The molecule has 3 rings (SSSR count). The van der Waals surface area contributed by atoms with Crippen molar-refractivity contribution in [3.05, 3.63) is 33.8 Å². The highest BCUT2D eigenvalue weighted by molar-refractivity contribution is 6.42. The van der Waals surface area contributed by atoms with Crippen LogP contribution < -0.4 is 11.1 Å². The number of hydrogen-bond donors (Lipinski definition) is 2. The highest BCUT2D eigenvalue weighted by Gasteiger charge is 2.45. The zero-order chi connectivity index (χ0) is 15.7. The van der Waals surface area contributed by atoms with Crippen molar-refractivity contribution in [3.63, 3.8) is 0 Å². The Morgan fingerprint density at radius 1 is 1.26 bits per heavy atom. The highest BCUT2D eigenvalue weighted by Crippen LogP contribution is 2.50. The molecule has 2 aliphatic rings. The van der Waals surface area contributed by atoms with Gasteiger partial charge in [0.05, 0.1) is 10.0 Å². The fraction of sp³-hybridized carbons (Fsp3) is 0.588. The molecule has 0 aliphatic heterocycles. The van der Waals surface area contributed by atoms with Crippen molar-refractivity contribution in [3.8, 4) is 0 Å². The maximum atomic E-state index is 12.5. The number of halogens is 3. The van der Waals surface area contributed by atoms with Crippen molar-refractivity contribution < 1.29 is 4.79 Å². The van der Waals surface area contributed by atoms with Crippen LogP contribution in [0.1, 0.15) is 43.6 Å². The molecule has 0 spiro atoms. The lowest BCUT2D eigenvalue weighted by Gasteiger charge is -2.31. The summed E-state index contributed by atoms with van der Waals surface area (Å²) in [4.78, 5) is 12.5. The van der Waals surface area contributed by atoms with Crippen LogP contribution in [0.4, 0.5) is 0 Å². The van der Waals surface area contributed by atoms with Crippen molar-refractivity contribution in [2.75, 3.05) is 6.54 Å². The predicted octanol–water partition coefficient (Wildman–Crippen LogP) is 4.15. The summed E-state index contributed by atoms with van der Waals surface area (Å²) in [7, 11) is 0. The van der Waals surface area contributed by atoms with Gasteiger partial charge in [0.2, 0.25) is 5.91 Å². The molecule has 23 heavy (non-hydrogen) atoms. The molecule has 1 aromatic rings. The maximum absolute atomic E-state index is 12.5. The third-order valence-electron chi connectivity index (χ3n) is 5.05. The quantitative estimate of drug-likeness (QED) is 0.828. The molecule has 1 amide bonds. The van der Waals surface area contributed by atoms with E-state index in [1.807, 2.05) is 12.1 Å². The van der Waals surface area contributed by atoms with E-state index in [2.05, 4.69) is 5.32 Å². The lowest BCUT2D eigenvalue weighted by Crippen LogP contribution is -2.45. The highest BCUT2D eigenvalue weighted by atomic mass is 35.5. The van der Waals surface area contributed by atoms with Crippen LogP contribution in [-0.2, 0) is 4.79 Å². The van der Waals surface area contributed by atoms with Crippen molar-refractivity contribution in [1.29, 1.82) is 0 Å². The summed E-state index contributed by atoms with van der Waals surface area (Å²) in [6.45, 7) is 0.652. The van der Waals surface area contributed by atoms with Crippen molar-refractivity contribution in [2.24, 2.45) is 17.6 Å². The fourth-order valence-corrected chi connectivity index (χ4v) is 4.05. The molecule has 2 aliphatic carbocycles. The van der Waals surface area contributed by atoms with E-state index in [4.69, 9.17) is 28.9 Å². The molecule has 0 aromatic heterocycles. The summed E-state index contributed by atoms with van der Waals surface area (Å²) in [6, 6.07) is 5.87. The first-order valence-corrected chi connectivity index (χ1v) is 8.81. The van der Waals surface area contributed by atoms with E-state index in [0.717, 1.165) is 24.8 Å². The van der Waals surface area contributed by atoms with Gasteiger partial charge >= 0.3 is 0 Å². The molecule has 4 unspecified atom stereocenters. The average molecular weight is 378 g/mol. The minimum Gasteiger partial charge on any atom is -0.353 e. The summed E-state index contributed by atoms with van der Waals surface area (Å²) in [5, 5.41) is 4.36. The van der Waals surface area contributed by atoms with E-state index in [1.165, 1.54) is 12.8 Å². The third-order valence-corrected chi connectivity index (χ3v) is 5.88. The Morgan fingerprint density at radius 2 is 2.00 bits per heavy atom. The van der Waals surface area contributed by atoms with Gasteiger partial charge in [0.25, 0.3) is 0 Å². The first-order valence-electron chi connectivity index (χ1n) is 8.06. The van der Waals surface area contributed by atoms with Gasteiger partial charge in [-0.25, -0.2) is 0 Å². The van der Waals surface area contributed by atoms with E-state index in [1.54, 1.807) is 6.07 Å². The zero-order valence-electron chi connectivity index (χ0n) is 12.9. The number of hydrogen-bond acceptors (Lipinski definition) is 2. The first-order chi connectivity index (χ1) is 10.6. The molecule has 0 saturated heterocycles. The molecule has 6 heteroatoms. The van der Waals surface area contributed by atoms with Gasteiger partial charge in [0, 0.05) is 12.0 Å². The second-order valence-electron chi connectivity index (χ2n) is 6.49. The van der Waals surface area contributed by atoms with Crippen LogP contribution in [0.25, 0.3) is 0 Å². The molecule has 1 aromatic carbocycles. The number of nitrogens with one attached hydrogen (secondary N) is 1. The molecule has 128 valence electrons. The molecule has 2 saturated carbocycles. The Labute approximate surface area is 153 Å². The standard InChI is InChI=1S/C17H22Cl2N2O.ClH/c18-14-6-3-5-11(16(14)19)12-8-13(12)17(22)21-15-7-2-1-4-10(15)9-20;/h3,5-6,10,12-13,15H,1-2,4,7-9,20H2,(H,21,22);1H. The van der Waals surface area contributed by atoms with Gasteiger partial charge in [-0.05, 0) is 49.3 Å². The van der Waals surface area contributed by atoms with Crippen LogP contribution in [0.5, 0.6) is 0 Å². The Balaban J connectivity index is 0.00000192. The summed E-state index contributed by atoms with van der Waals surface area (Å²) < 4.78 is 0. The van der Waals surface area contributed by atoms with Gasteiger partial charge in [-0.1, -0.05) is 48.2 Å². The van der Waals surface area contributed by atoms with Gasteiger partial charge in [0.1, 0.15) is 0 Å². The largest absolute Gasteiger partial charge is 0.353 e. The second-order valence-corrected chi connectivity index (χ2v) is 7.27. The van der Waals surface area contributed by atoms with E-state index in [0.29, 0.717) is 22.5 Å². The third kappa shape index (κ3) is 4.14. The lowest BCUT2D eigenvalue weighted by molar-refractivity contribution is -0.123. The normalized spacial score (nSPS) is 29.5. The van der Waals surface area contributed by atoms with Crippen LogP contribution in [0.2, 0.25) is 10.0 Å². The van der Waals surface area contributed by atoms with E-state index in [-0.39, 0.29) is 36.2 Å². The van der Waals surface area contributed by atoms with Crippen LogP contribution in [0.3, 0.4) is 0 Å². The SMILES string of the molecule is Cl.NCC1CCCCC1NC(=O)C1CC1c1cccc(Cl)c1Cl. The topological polar surface area (TPSA) is 55.1 Å². The zero-order valence-corrected chi connectivity index (χ0v) is 15.3. The monoisotopic (exact) mass is 376 g/mol. The molecule has 4 atom stereocenters. The van der Waals surface area contributed by atoms with Crippen molar-refractivity contribution in [1.82, 2.24) is 5.32 Å². The Bertz CT molecular complexity index is 567. The van der Waals surface area contributed by atoms with Crippen LogP contribution in [0.15, 0.2) is 18.2 Å². The van der Waals surface area contributed by atoms with Crippen LogP contribution in [-0.4, -0.2) is 18.5 Å². The fourth-order valence-electron chi connectivity index (χ4n) is 3.60. The van der Waals surface area contributed by atoms with Gasteiger partial charge in [-0.15, -0.1) is 12.4 Å². The predicted molar refractivity (Wildman–Crippen MR) is 97.5 cm³/mol. The van der Waals surface area contributed by atoms with Crippen LogP contribution in [0, 0.1) is 11.8 Å². The lowest BCUT2D eigenvalue weighted by atomic mass is 9.84. The molecular weight excluding hydrogens is 355 g/mol. The van der Waals surface area contributed by atoms with E-state index < -0.39 is 0 Å². The molecular formula is C17H23Cl3N2O. The maximum Gasteiger partial charge on any atom is 0.223 e. The van der Waals surface area contributed by atoms with Gasteiger partial charge in [-0.2, -0.15) is 0 Å². The molecule has 2 fully saturated rings. The summed E-state index contributed by atoms with van der Waals surface area (Å²) in [5.41, 5.74) is 6.83. The average Bonchev–Trinajstić information content (AvgIpc) is 3.31. The Hall–Kier alpha value is -0.480. The van der Waals surface area contributed by atoms with Crippen molar-refractivity contribution >= 4 is 41.5 Å². The Kier molecular flexibility index (Phi) is 6.61. The second kappa shape index (κ2) is 8.06. The molecule has 0 heterocycles. The molecule has 3 N–H and O–H groups in total. The van der Waals surface area contributed by atoms with Gasteiger partial charge in [-0.3, -0.25) is 4.79 Å². The number of nitrogens with two attached hydrogens (primary N) is 1. The van der Waals surface area contributed by atoms with Crippen molar-refractivity contribution in [2.45, 2.75) is 44.1 Å². The molecule has 0 radical (unpaired) electrons.